The number of carbonyl (C=O) groups excluding carboxylic acids is 2. The van der Waals surface area contributed by atoms with Crippen LogP contribution in [0.4, 0.5) is 0 Å². The molecular weight excluding hydrogens is 322 g/mol. The number of hydrogen-bond acceptors (Lipinski definition) is 5. The third-order valence-corrected chi connectivity index (χ3v) is 4.15. The summed E-state index contributed by atoms with van der Waals surface area (Å²) in [7, 11) is 1.56. The number of aliphatic hydroxyl groups excluding tert-OH is 1. The summed E-state index contributed by atoms with van der Waals surface area (Å²) in [6.45, 7) is 0.0286. The summed E-state index contributed by atoms with van der Waals surface area (Å²) in [4.78, 5) is 24.2. The summed E-state index contributed by atoms with van der Waals surface area (Å²) in [6, 6.07) is 14.0. The van der Waals surface area contributed by atoms with E-state index in [2.05, 4.69) is 5.32 Å². The first kappa shape index (κ1) is 17.0. The molecular formula is C19H19NO5. The number of rotatable bonds is 5. The second-order valence-corrected chi connectivity index (χ2v) is 5.79. The third-order valence-electron chi connectivity index (χ3n) is 4.15. The fourth-order valence-electron chi connectivity index (χ4n) is 2.73. The van der Waals surface area contributed by atoms with Crippen molar-refractivity contribution in [2.75, 3.05) is 13.7 Å². The van der Waals surface area contributed by atoms with E-state index in [1.807, 2.05) is 12.1 Å². The standard InChI is InChI=1S/C19H19NO5/c1-24-14-8-6-12(7-9-14)16(21)11-20-18(22)17-10-13-4-2-3-5-15(13)19(23)25-17/h2-9,16-17,21H,10-11H2,1H3,(H,20,22)/t16-,17+/m1/s1. The van der Waals surface area contributed by atoms with Crippen LogP contribution in [0.15, 0.2) is 48.5 Å². The molecule has 2 aromatic rings. The van der Waals surface area contributed by atoms with Gasteiger partial charge in [-0.05, 0) is 29.3 Å². The van der Waals surface area contributed by atoms with Crippen LogP contribution in [0.5, 0.6) is 5.75 Å². The van der Waals surface area contributed by atoms with Crippen LogP contribution in [0.25, 0.3) is 0 Å². The van der Waals surface area contributed by atoms with Gasteiger partial charge in [0.1, 0.15) is 5.75 Å². The van der Waals surface area contributed by atoms with Crippen LogP contribution in [0, 0.1) is 0 Å². The molecule has 3 rings (SSSR count). The minimum Gasteiger partial charge on any atom is -0.497 e. The van der Waals surface area contributed by atoms with Gasteiger partial charge >= 0.3 is 5.97 Å². The van der Waals surface area contributed by atoms with Crippen molar-refractivity contribution in [2.24, 2.45) is 0 Å². The Labute approximate surface area is 145 Å². The van der Waals surface area contributed by atoms with E-state index < -0.39 is 24.1 Å². The topological polar surface area (TPSA) is 84.9 Å². The van der Waals surface area contributed by atoms with E-state index in [4.69, 9.17) is 9.47 Å². The van der Waals surface area contributed by atoms with Crippen LogP contribution in [-0.2, 0) is 16.0 Å². The predicted octanol–water partition coefficient (Wildman–Crippen LogP) is 1.63. The van der Waals surface area contributed by atoms with Gasteiger partial charge in [-0.1, -0.05) is 30.3 Å². The maximum absolute atomic E-state index is 12.3. The van der Waals surface area contributed by atoms with Gasteiger partial charge in [-0.2, -0.15) is 0 Å². The van der Waals surface area contributed by atoms with Crippen molar-refractivity contribution in [3.8, 4) is 5.75 Å². The maximum atomic E-state index is 12.3. The molecule has 0 saturated carbocycles. The summed E-state index contributed by atoms with van der Waals surface area (Å²) < 4.78 is 10.3. The summed E-state index contributed by atoms with van der Waals surface area (Å²) in [5.41, 5.74) is 1.94. The van der Waals surface area contributed by atoms with Crippen molar-refractivity contribution in [1.29, 1.82) is 0 Å². The van der Waals surface area contributed by atoms with Crippen LogP contribution in [0.2, 0.25) is 0 Å². The highest BCUT2D eigenvalue weighted by atomic mass is 16.5. The molecule has 1 amide bonds. The molecule has 0 aliphatic carbocycles. The van der Waals surface area contributed by atoms with Gasteiger partial charge in [0.15, 0.2) is 6.10 Å². The highest BCUT2D eigenvalue weighted by molar-refractivity contribution is 5.95. The van der Waals surface area contributed by atoms with Crippen molar-refractivity contribution in [3.63, 3.8) is 0 Å². The van der Waals surface area contributed by atoms with Crippen LogP contribution >= 0.6 is 0 Å². The number of amides is 1. The number of cyclic esters (lactones) is 1. The van der Waals surface area contributed by atoms with Crippen LogP contribution in [0.3, 0.4) is 0 Å². The number of hydrogen-bond donors (Lipinski definition) is 2. The molecule has 0 bridgehead atoms. The summed E-state index contributed by atoms with van der Waals surface area (Å²) in [5.74, 6) is -0.235. The Bertz CT molecular complexity index is 772. The molecule has 25 heavy (non-hydrogen) atoms. The zero-order valence-electron chi connectivity index (χ0n) is 13.8. The lowest BCUT2D eigenvalue weighted by molar-refractivity contribution is -0.130. The Morgan fingerprint density at radius 3 is 2.72 bits per heavy atom. The molecule has 6 nitrogen and oxygen atoms in total. The molecule has 0 spiro atoms. The lowest BCUT2D eigenvalue weighted by atomic mass is 9.98. The third kappa shape index (κ3) is 3.80. The number of benzene rings is 2. The van der Waals surface area contributed by atoms with Gasteiger partial charge in [0, 0.05) is 13.0 Å². The quantitative estimate of drug-likeness (QED) is 0.808. The Morgan fingerprint density at radius 2 is 2.00 bits per heavy atom. The zero-order chi connectivity index (χ0) is 17.8. The number of fused-ring (bicyclic) bond motifs is 1. The van der Waals surface area contributed by atoms with E-state index in [9.17, 15) is 14.7 Å². The normalized spacial score (nSPS) is 17.2. The molecule has 2 N–H and O–H groups in total. The van der Waals surface area contributed by atoms with Crippen molar-refractivity contribution in [3.05, 3.63) is 65.2 Å². The number of carbonyl (C=O) groups is 2. The average molecular weight is 341 g/mol. The van der Waals surface area contributed by atoms with E-state index in [1.165, 1.54) is 0 Å². The maximum Gasteiger partial charge on any atom is 0.339 e. The van der Waals surface area contributed by atoms with Gasteiger partial charge in [0.2, 0.25) is 0 Å². The minimum absolute atomic E-state index is 0.0286. The average Bonchev–Trinajstić information content (AvgIpc) is 2.65. The van der Waals surface area contributed by atoms with Crippen LogP contribution in [0.1, 0.15) is 27.6 Å². The molecule has 2 atom stereocenters. The van der Waals surface area contributed by atoms with Crippen molar-refractivity contribution in [2.45, 2.75) is 18.6 Å². The monoisotopic (exact) mass is 341 g/mol. The van der Waals surface area contributed by atoms with Gasteiger partial charge in [-0.3, -0.25) is 4.79 Å². The molecule has 0 radical (unpaired) electrons. The van der Waals surface area contributed by atoms with Gasteiger partial charge in [-0.25, -0.2) is 4.79 Å². The molecule has 0 aromatic heterocycles. The van der Waals surface area contributed by atoms with Crippen molar-refractivity contribution >= 4 is 11.9 Å². The van der Waals surface area contributed by atoms with Gasteiger partial charge < -0.3 is 19.9 Å². The predicted molar refractivity (Wildman–Crippen MR) is 90.3 cm³/mol. The smallest absolute Gasteiger partial charge is 0.339 e. The summed E-state index contributed by atoms with van der Waals surface area (Å²) >= 11 is 0. The molecule has 0 saturated heterocycles. The minimum atomic E-state index is -0.884. The Balaban J connectivity index is 1.58. The Morgan fingerprint density at radius 1 is 1.28 bits per heavy atom. The number of ether oxygens (including phenoxy) is 2. The first-order chi connectivity index (χ1) is 12.1. The van der Waals surface area contributed by atoms with Gasteiger partial charge in [0.25, 0.3) is 5.91 Å². The van der Waals surface area contributed by atoms with Crippen molar-refractivity contribution < 1.29 is 24.2 Å². The molecule has 1 aliphatic heterocycles. The second kappa shape index (κ2) is 7.36. The fraction of sp³-hybridized carbons (Fsp3) is 0.263. The zero-order valence-corrected chi connectivity index (χ0v) is 13.8. The first-order valence-electron chi connectivity index (χ1n) is 7.97. The van der Waals surface area contributed by atoms with Crippen LogP contribution < -0.4 is 10.1 Å². The van der Waals surface area contributed by atoms with E-state index in [1.54, 1.807) is 43.5 Å². The lowest BCUT2D eigenvalue weighted by Crippen LogP contribution is -2.43. The number of methoxy groups -OCH3 is 1. The van der Waals surface area contributed by atoms with Crippen LogP contribution in [-0.4, -0.2) is 36.7 Å². The molecule has 2 aromatic carbocycles. The highest BCUT2D eigenvalue weighted by Crippen LogP contribution is 2.21. The van der Waals surface area contributed by atoms with E-state index in [-0.39, 0.29) is 6.54 Å². The summed E-state index contributed by atoms with van der Waals surface area (Å²) in [6.07, 6.45) is -1.42. The van der Waals surface area contributed by atoms with E-state index in [0.29, 0.717) is 23.3 Å². The Hall–Kier alpha value is -2.86. The SMILES string of the molecule is COc1ccc([C@H](O)CNC(=O)[C@@H]2Cc3ccccc3C(=O)O2)cc1. The molecule has 130 valence electrons. The van der Waals surface area contributed by atoms with Gasteiger partial charge in [0.05, 0.1) is 18.8 Å². The summed E-state index contributed by atoms with van der Waals surface area (Å²) in [5, 5.41) is 12.8. The van der Waals surface area contributed by atoms with E-state index >= 15 is 0 Å². The fourth-order valence-corrected chi connectivity index (χ4v) is 2.73. The second-order valence-electron chi connectivity index (χ2n) is 5.79. The van der Waals surface area contributed by atoms with Crippen molar-refractivity contribution in [1.82, 2.24) is 5.32 Å². The largest absolute Gasteiger partial charge is 0.497 e. The highest BCUT2D eigenvalue weighted by Gasteiger charge is 2.31. The van der Waals surface area contributed by atoms with Gasteiger partial charge in [-0.15, -0.1) is 0 Å². The molecule has 0 fully saturated rings. The number of nitrogens with one attached hydrogen (secondary N) is 1. The molecule has 0 unspecified atom stereocenters. The molecule has 6 heteroatoms. The molecule has 1 heterocycles. The number of esters is 1. The Kier molecular flexibility index (Phi) is 5.00. The molecule has 1 aliphatic rings. The first-order valence-corrected chi connectivity index (χ1v) is 7.97. The number of aliphatic hydroxyl groups is 1. The lowest BCUT2D eigenvalue weighted by Gasteiger charge is -2.24. The van der Waals surface area contributed by atoms with E-state index in [0.717, 1.165) is 5.56 Å².